The van der Waals surface area contributed by atoms with Gasteiger partial charge in [0.1, 0.15) is 0 Å². The number of piperazine rings is 1. The molecule has 22 heavy (non-hydrogen) atoms. The number of nitro benzene ring substituents is 1. The van der Waals surface area contributed by atoms with E-state index in [0.717, 1.165) is 39.1 Å². The van der Waals surface area contributed by atoms with Crippen LogP contribution in [0.2, 0.25) is 0 Å². The van der Waals surface area contributed by atoms with Crippen molar-refractivity contribution < 1.29 is 9.72 Å². The van der Waals surface area contributed by atoms with Crippen molar-refractivity contribution in [2.24, 2.45) is 0 Å². The maximum atomic E-state index is 12.0. The van der Waals surface area contributed by atoms with Crippen LogP contribution < -0.4 is 0 Å². The normalized spacial score (nSPS) is 16.1. The van der Waals surface area contributed by atoms with Crippen LogP contribution in [0, 0.1) is 10.1 Å². The average Bonchev–Trinajstić information content (AvgIpc) is 2.54. The fourth-order valence-electron chi connectivity index (χ4n) is 2.47. The first-order valence-corrected chi connectivity index (χ1v) is 7.53. The molecule has 0 unspecified atom stereocenters. The Balaban J connectivity index is 1.87. The Morgan fingerprint density at radius 1 is 1.23 bits per heavy atom. The molecule has 0 spiro atoms. The van der Waals surface area contributed by atoms with Crippen LogP contribution in [0.15, 0.2) is 36.5 Å². The molecule has 0 atom stereocenters. The topological polar surface area (TPSA) is 66.7 Å². The molecule has 0 saturated carbocycles. The van der Waals surface area contributed by atoms with Gasteiger partial charge in [0.15, 0.2) is 5.78 Å². The smallest absolute Gasteiger partial charge is 0.269 e. The van der Waals surface area contributed by atoms with E-state index in [1.54, 1.807) is 0 Å². The van der Waals surface area contributed by atoms with E-state index in [4.69, 9.17) is 0 Å². The predicted molar refractivity (Wildman–Crippen MR) is 84.9 cm³/mol. The minimum absolute atomic E-state index is 0.00687. The van der Waals surface area contributed by atoms with Crippen LogP contribution in [-0.4, -0.2) is 53.2 Å². The van der Waals surface area contributed by atoms with Crippen molar-refractivity contribution in [2.45, 2.75) is 13.3 Å². The van der Waals surface area contributed by atoms with Gasteiger partial charge in [0, 0.05) is 56.2 Å². The van der Waals surface area contributed by atoms with E-state index in [2.05, 4.69) is 16.7 Å². The van der Waals surface area contributed by atoms with E-state index in [1.165, 1.54) is 30.3 Å². The molecule has 6 nitrogen and oxygen atoms in total. The highest BCUT2D eigenvalue weighted by molar-refractivity contribution is 6.04. The number of hydrogen-bond donors (Lipinski definition) is 0. The summed E-state index contributed by atoms with van der Waals surface area (Å²) in [4.78, 5) is 26.7. The van der Waals surface area contributed by atoms with Gasteiger partial charge in [-0.05, 0) is 25.1 Å². The number of hydrogen-bond acceptors (Lipinski definition) is 5. The summed E-state index contributed by atoms with van der Waals surface area (Å²) in [5, 5.41) is 10.6. The third-order valence-electron chi connectivity index (χ3n) is 3.75. The lowest BCUT2D eigenvalue weighted by atomic mass is 10.1. The number of carbonyl (C=O) groups is 1. The second kappa shape index (κ2) is 7.70. The van der Waals surface area contributed by atoms with E-state index in [1.807, 2.05) is 6.20 Å². The number of benzene rings is 1. The van der Waals surface area contributed by atoms with Crippen molar-refractivity contribution in [3.63, 3.8) is 0 Å². The molecule has 1 fully saturated rings. The SMILES string of the molecule is CCCN1CCN(C=CC(=O)c2ccc([N+](=O)[O-])cc2)CC1. The van der Waals surface area contributed by atoms with Gasteiger partial charge in [-0.15, -0.1) is 0 Å². The van der Waals surface area contributed by atoms with E-state index in [0.29, 0.717) is 5.56 Å². The van der Waals surface area contributed by atoms with Gasteiger partial charge in [0.05, 0.1) is 4.92 Å². The molecular weight excluding hydrogens is 282 g/mol. The summed E-state index contributed by atoms with van der Waals surface area (Å²) < 4.78 is 0. The summed E-state index contributed by atoms with van der Waals surface area (Å²) in [5.41, 5.74) is 0.457. The summed E-state index contributed by atoms with van der Waals surface area (Å²) in [7, 11) is 0. The van der Waals surface area contributed by atoms with Crippen LogP contribution in [0.4, 0.5) is 5.69 Å². The Kier molecular flexibility index (Phi) is 5.66. The Morgan fingerprint density at radius 3 is 2.41 bits per heavy atom. The molecule has 1 aliphatic heterocycles. The molecule has 1 aromatic carbocycles. The van der Waals surface area contributed by atoms with Crippen molar-refractivity contribution in [3.8, 4) is 0 Å². The Hall–Kier alpha value is -2.21. The van der Waals surface area contributed by atoms with Gasteiger partial charge in [0.2, 0.25) is 0 Å². The molecule has 2 rings (SSSR count). The molecule has 6 heteroatoms. The van der Waals surface area contributed by atoms with Crippen molar-refractivity contribution in [2.75, 3.05) is 32.7 Å². The number of nitro groups is 1. The first kappa shape index (κ1) is 16.2. The maximum absolute atomic E-state index is 12.0. The molecule has 1 saturated heterocycles. The van der Waals surface area contributed by atoms with Crippen LogP contribution >= 0.6 is 0 Å². The molecule has 0 N–H and O–H groups in total. The molecule has 0 amide bonds. The first-order chi connectivity index (χ1) is 10.6. The maximum Gasteiger partial charge on any atom is 0.269 e. The molecule has 0 aromatic heterocycles. The lowest BCUT2D eigenvalue weighted by Gasteiger charge is -2.33. The van der Waals surface area contributed by atoms with Gasteiger partial charge in [-0.2, -0.15) is 0 Å². The monoisotopic (exact) mass is 303 g/mol. The minimum Gasteiger partial charge on any atom is -0.375 e. The van der Waals surface area contributed by atoms with Crippen molar-refractivity contribution in [3.05, 3.63) is 52.2 Å². The standard InChI is InChI=1S/C16H21N3O3/c1-2-8-17-10-12-18(13-11-17)9-7-16(20)14-3-5-15(6-4-14)19(21)22/h3-7,9H,2,8,10-13H2,1H3. The third kappa shape index (κ3) is 4.39. The number of ketones is 1. The zero-order valence-corrected chi connectivity index (χ0v) is 12.8. The van der Waals surface area contributed by atoms with Crippen LogP contribution in [0.3, 0.4) is 0 Å². The first-order valence-electron chi connectivity index (χ1n) is 7.53. The molecule has 0 aliphatic carbocycles. The number of non-ortho nitro benzene ring substituents is 1. The third-order valence-corrected chi connectivity index (χ3v) is 3.75. The lowest BCUT2D eigenvalue weighted by molar-refractivity contribution is -0.384. The highest BCUT2D eigenvalue weighted by Crippen LogP contribution is 2.13. The fraction of sp³-hybridized carbons (Fsp3) is 0.438. The van der Waals surface area contributed by atoms with E-state index < -0.39 is 4.92 Å². The summed E-state index contributed by atoms with van der Waals surface area (Å²) in [5.74, 6) is -0.133. The number of rotatable bonds is 6. The van der Waals surface area contributed by atoms with Gasteiger partial charge in [0.25, 0.3) is 5.69 Å². The van der Waals surface area contributed by atoms with Gasteiger partial charge >= 0.3 is 0 Å². The largest absolute Gasteiger partial charge is 0.375 e. The van der Waals surface area contributed by atoms with E-state index in [9.17, 15) is 14.9 Å². The number of allylic oxidation sites excluding steroid dienone is 1. The fourth-order valence-corrected chi connectivity index (χ4v) is 2.47. The molecule has 0 bridgehead atoms. The van der Waals surface area contributed by atoms with Crippen molar-refractivity contribution in [1.29, 1.82) is 0 Å². The Bertz CT molecular complexity index is 546. The second-order valence-electron chi connectivity index (χ2n) is 5.36. The zero-order valence-electron chi connectivity index (χ0n) is 12.8. The molecule has 1 aromatic rings. The summed E-state index contributed by atoms with van der Waals surface area (Å²) >= 11 is 0. The summed E-state index contributed by atoms with van der Waals surface area (Å²) in [6, 6.07) is 5.68. The van der Waals surface area contributed by atoms with Gasteiger partial charge < -0.3 is 4.90 Å². The molecule has 1 heterocycles. The van der Waals surface area contributed by atoms with Crippen LogP contribution in [-0.2, 0) is 0 Å². The predicted octanol–water partition coefficient (Wildman–Crippen LogP) is 2.32. The highest BCUT2D eigenvalue weighted by atomic mass is 16.6. The van der Waals surface area contributed by atoms with Gasteiger partial charge in [-0.3, -0.25) is 19.8 Å². The molecule has 0 radical (unpaired) electrons. The number of carbonyl (C=O) groups excluding carboxylic acids is 1. The zero-order chi connectivity index (χ0) is 15.9. The average molecular weight is 303 g/mol. The van der Waals surface area contributed by atoms with Crippen LogP contribution in [0.1, 0.15) is 23.7 Å². The minimum atomic E-state index is -0.472. The molecule has 1 aliphatic rings. The van der Waals surface area contributed by atoms with Crippen molar-refractivity contribution in [1.82, 2.24) is 9.80 Å². The Morgan fingerprint density at radius 2 is 1.86 bits per heavy atom. The van der Waals surface area contributed by atoms with Crippen LogP contribution in [0.5, 0.6) is 0 Å². The van der Waals surface area contributed by atoms with Crippen molar-refractivity contribution >= 4 is 11.5 Å². The quantitative estimate of drug-likeness (QED) is 0.349. The lowest BCUT2D eigenvalue weighted by Crippen LogP contribution is -2.44. The van der Waals surface area contributed by atoms with E-state index in [-0.39, 0.29) is 11.5 Å². The molecular formula is C16H21N3O3. The summed E-state index contributed by atoms with van der Waals surface area (Å²) in [6.45, 7) is 7.18. The van der Waals surface area contributed by atoms with Crippen LogP contribution in [0.25, 0.3) is 0 Å². The second-order valence-corrected chi connectivity index (χ2v) is 5.36. The Labute approximate surface area is 130 Å². The van der Waals surface area contributed by atoms with Gasteiger partial charge in [-0.25, -0.2) is 0 Å². The highest BCUT2D eigenvalue weighted by Gasteiger charge is 2.13. The molecule has 118 valence electrons. The number of nitrogens with zero attached hydrogens (tertiary/aromatic N) is 3. The summed E-state index contributed by atoms with van der Waals surface area (Å²) in [6.07, 6.45) is 4.53. The van der Waals surface area contributed by atoms with E-state index >= 15 is 0 Å². The van der Waals surface area contributed by atoms with Gasteiger partial charge in [-0.1, -0.05) is 6.92 Å².